The molecule has 4 nitrogen and oxygen atoms in total. The Morgan fingerprint density at radius 2 is 1.88 bits per heavy atom. The molecule has 16 heavy (non-hydrogen) atoms. The zero-order valence-corrected chi connectivity index (χ0v) is 9.47. The summed E-state index contributed by atoms with van der Waals surface area (Å²) in [5, 5.41) is 11.3. The lowest BCUT2D eigenvalue weighted by molar-refractivity contribution is -0.129. The molecule has 0 aliphatic carbocycles. The molecule has 0 aliphatic rings. The summed E-state index contributed by atoms with van der Waals surface area (Å²) in [5.41, 5.74) is 3.22. The summed E-state index contributed by atoms with van der Waals surface area (Å²) in [6.45, 7) is 4.91. The number of aryl methyl sites for hydroxylation is 2. The Labute approximate surface area is 93.4 Å². The maximum absolute atomic E-state index is 13.3. The first kappa shape index (κ1) is 12.4. The molecule has 0 aromatic heterocycles. The number of halogens is 1. The molecule has 88 valence electrons. The van der Waals surface area contributed by atoms with E-state index in [4.69, 9.17) is 5.21 Å². The predicted octanol–water partition coefficient (Wildman–Crippen LogP) is 1.75. The van der Waals surface area contributed by atoms with Crippen LogP contribution in [0.2, 0.25) is 0 Å². The Bertz CT molecular complexity index is 384. The van der Waals surface area contributed by atoms with Gasteiger partial charge in [-0.2, -0.15) is 0 Å². The van der Waals surface area contributed by atoms with E-state index in [1.54, 1.807) is 38.4 Å². The lowest BCUT2D eigenvalue weighted by atomic mass is 10.1. The van der Waals surface area contributed by atoms with Gasteiger partial charge in [-0.3, -0.25) is 10.0 Å². The highest BCUT2D eigenvalue weighted by molar-refractivity contribution is 5.83. The molecular formula is C11H15FN2O2. The Morgan fingerprint density at radius 3 is 2.31 bits per heavy atom. The molecule has 0 radical (unpaired) electrons. The van der Waals surface area contributed by atoms with Crippen molar-refractivity contribution in [1.82, 2.24) is 5.48 Å². The summed E-state index contributed by atoms with van der Waals surface area (Å²) in [6.07, 6.45) is 0. The van der Waals surface area contributed by atoms with Crippen molar-refractivity contribution in [3.05, 3.63) is 29.1 Å². The van der Waals surface area contributed by atoms with Gasteiger partial charge < -0.3 is 5.32 Å². The van der Waals surface area contributed by atoms with Crippen LogP contribution in [0, 0.1) is 19.7 Å². The summed E-state index contributed by atoms with van der Waals surface area (Å²) in [4.78, 5) is 11.1. The van der Waals surface area contributed by atoms with Crippen molar-refractivity contribution in [3.63, 3.8) is 0 Å². The quantitative estimate of drug-likeness (QED) is 0.543. The molecule has 1 atom stereocenters. The van der Waals surface area contributed by atoms with Crippen molar-refractivity contribution in [1.29, 1.82) is 0 Å². The highest BCUT2D eigenvalue weighted by atomic mass is 19.1. The van der Waals surface area contributed by atoms with Crippen LogP contribution >= 0.6 is 0 Å². The largest absolute Gasteiger partial charge is 0.374 e. The van der Waals surface area contributed by atoms with Gasteiger partial charge in [0.15, 0.2) is 0 Å². The number of hydrogen-bond acceptors (Lipinski definition) is 3. The first-order valence-corrected chi connectivity index (χ1v) is 4.93. The third-order valence-corrected chi connectivity index (χ3v) is 2.32. The zero-order chi connectivity index (χ0) is 12.3. The topological polar surface area (TPSA) is 61.4 Å². The van der Waals surface area contributed by atoms with Gasteiger partial charge >= 0.3 is 0 Å². The molecule has 0 heterocycles. The second-order valence-corrected chi connectivity index (χ2v) is 3.77. The number of rotatable bonds is 3. The third-order valence-electron chi connectivity index (χ3n) is 2.32. The van der Waals surface area contributed by atoms with Gasteiger partial charge in [0, 0.05) is 5.69 Å². The zero-order valence-electron chi connectivity index (χ0n) is 9.47. The van der Waals surface area contributed by atoms with Crippen LogP contribution in [0.15, 0.2) is 12.1 Å². The minimum Gasteiger partial charge on any atom is -0.374 e. The maximum Gasteiger partial charge on any atom is 0.265 e. The van der Waals surface area contributed by atoms with Crippen LogP contribution in [0.1, 0.15) is 18.1 Å². The highest BCUT2D eigenvalue weighted by Gasteiger charge is 2.12. The minimum atomic E-state index is -0.589. The molecule has 1 aromatic rings. The van der Waals surface area contributed by atoms with Crippen molar-refractivity contribution in [2.45, 2.75) is 26.8 Å². The van der Waals surface area contributed by atoms with Gasteiger partial charge in [0.25, 0.3) is 5.91 Å². The molecule has 1 amide bonds. The Hall–Kier alpha value is -1.62. The molecule has 0 saturated carbocycles. The summed E-state index contributed by atoms with van der Waals surface area (Å²) >= 11 is 0. The van der Waals surface area contributed by atoms with Gasteiger partial charge in [-0.25, -0.2) is 9.87 Å². The number of anilines is 1. The number of benzene rings is 1. The molecule has 0 saturated heterocycles. The van der Waals surface area contributed by atoms with E-state index in [-0.39, 0.29) is 5.82 Å². The number of carbonyl (C=O) groups excluding carboxylic acids is 1. The molecule has 3 N–H and O–H groups in total. The number of hydrogen-bond donors (Lipinski definition) is 3. The van der Waals surface area contributed by atoms with Gasteiger partial charge in [-0.1, -0.05) is 0 Å². The van der Waals surface area contributed by atoms with Crippen molar-refractivity contribution < 1.29 is 14.4 Å². The van der Waals surface area contributed by atoms with Crippen LogP contribution in [-0.2, 0) is 4.79 Å². The fourth-order valence-electron chi connectivity index (χ4n) is 1.44. The standard InChI is InChI=1S/C11H15FN2O2/c1-6-4-9(5-7(2)10(6)12)13-8(3)11(15)14-16/h4-5,8,13,16H,1-3H3,(H,14,15)/t8-/m0/s1. The molecule has 1 rings (SSSR count). The van der Waals surface area contributed by atoms with E-state index in [1.165, 1.54) is 0 Å². The van der Waals surface area contributed by atoms with Crippen LogP contribution in [0.25, 0.3) is 0 Å². The van der Waals surface area contributed by atoms with Crippen LogP contribution < -0.4 is 10.8 Å². The molecule has 5 heteroatoms. The second kappa shape index (κ2) is 4.94. The Kier molecular flexibility index (Phi) is 3.84. The SMILES string of the molecule is Cc1cc(N[C@@H](C)C(=O)NO)cc(C)c1F. The highest BCUT2D eigenvalue weighted by Crippen LogP contribution is 2.18. The lowest BCUT2D eigenvalue weighted by Gasteiger charge is -2.14. The summed E-state index contributed by atoms with van der Waals surface area (Å²) in [5.74, 6) is -0.788. The van der Waals surface area contributed by atoms with Crippen molar-refractivity contribution >= 4 is 11.6 Å². The van der Waals surface area contributed by atoms with E-state index in [1.807, 2.05) is 0 Å². The minimum absolute atomic E-state index is 0.246. The van der Waals surface area contributed by atoms with Crippen LogP contribution in [0.5, 0.6) is 0 Å². The Balaban J connectivity index is 2.86. The first-order valence-electron chi connectivity index (χ1n) is 4.93. The van der Waals surface area contributed by atoms with Crippen molar-refractivity contribution in [2.75, 3.05) is 5.32 Å². The number of amides is 1. The fourth-order valence-corrected chi connectivity index (χ4v) is 1.44. The van der Waals surface area contributed by atoms with Gasteiger partial charge in [-0.05, 0) is 44.0 Å². The van der Waals surface area contributed by atoms with Crippen LogP contribution in [0.4, 0.5) is 10.1 Å². The van der Waals surface area contributed by atoms with E-state index in [0.717, 1.165) is 0 Å². The molecule has 1 aromatic carbocycles. The normalized spacial score (nSPS) is 12.1. The monoisotopic (exact) mass is 226 g/mol. The number of nitrogens with one attached hydrogen (secondary N) is 2. The number of hydroxylamine groups is 1. The van der Waals surface area contributed by atoms with Crippen molar-refractivity contribution in [3.8, 4) is 0 Å². The number of carbonyl (C=O) groups is 1. The summed E-state index contributed by atoms with van der Waals surface area (Å²) in [6, 6.07) is 2.64. The first-order chi connectivity index (χ1) is 7.45. The molecule has 0 fully saturated rings. The third kappa shape index (κ3) is 2.70. The molecule has 0 aliphatic heterocycles. The van der Waals surface area contributed by atoms with Gasteiger partial charge in [0.1, 0.15) is 11.9 Å². The van der Waals surface area contributed by atoms with E-state index in [2.05, 4.69) is 5.32 Å². The van der Waals surface area contributed by atoms with E-state index >= 15 is 0 Å². The van der Waals surface area contributed by atoms with E-state index in [9.17, 15) is 9.18 Å². The summed E-state index contributed by atoms with van der Waals surface area (Å²) in [7, 11) is 0. The molecular weight excluding hydrogens is 211 g/mol. The molecule has 0 bridgehead atoms. The smallest absolute Gasteiger partial charge is 0.265 e. The van der Waals surface area contributed by atoms with Crippen LogP contribution in [-0.4, -0.2) is 17.2 Å². The van der Waals surface area contributed by atoms with Gasteiger partial charge in [0.05, 0.1) is 0 Å². The lowest BCUT2D eigenvalue weighted by Crippen LogP contribution is -2.35. The molecule has 0 unspecified atom stereocenters. The predicted molar refractivity (Wildman–Crippen MR) is 58.9 cm³/mol. The fraction of sp³-hybridized carbons (Fsp3) is 0.364. The van der Waals surface area contributed by atoms with E-state index < -0.39 is 11.9 Å². The van der Waals surface area contributed by atoms with Gasteiger partial charge in [0.2, 0.25) is 0 Å². The molecule has 0 spiro atoms. The Morgan fingerprint density at radius 1 is 1.38 bits per heavy atom. The van der Waals surface area contributed by atoms with E-state index in [0.29, 0.717) is 16.8 Å². The van der Waals surface area contributed by atoms with Crippen molar-refractivity contribution in [2.24, 2.45) is 0 Å². The van der Waals surface area contributed by atoms with Gasteiger partial charge in [-0.15, -0.1) is 0 Å². The average Bonchev–Trinajstić information content (AvgIpc) is 2.24. The van der Waals surface area contributed by atoms with Crippen LogP contribution in [0.3, 0.4) is 0 Å². The maximum atomic E-state index is 13.3. The average molecular weight is 226 g/mol. The summed E-state index contributed by atoms with van der Waals surface area (Å²) < 4.78 is 13.3. The second-order valence-electron chi connectivity index (χ2n) is 3.77.